The van der Waals surface area contributed by atoms with Crippen LogP contribution < -0.4 is 0 Å². The SMILES string of the molecule is O=C1CC2CCC1C/C2=C\c1c2ccccc2cc2ccccc12. The van der Waals surface area contributed by atoms with E-state index in [1.54, 1.807) is 0 Å². The Kier molecular flexibility index (Phi) is 3.09. The number of Topliss-reactive ketones (excluding diaryl/α,β-unsaturated/α-hetero) is 1. The first-order chi connectivity index (χ1) is 11.8. The average Bonchev–Trinajstić information content (AvgIpc) is 2.62. The van der Waals surface area contributed by atoms with Crippen molar-refractivity contribution in [3.63, 3.8) is 0 Å². The quantitative estimate of drug-likeness (QED) is 0.522. The summed E-state index contributed by atoms with van der Waals surface area (Å²) in [5, 5.41) is 5.22. The Morgan fingerprint density at radius 1 is 0.792 bits per heavy atom. The summed E-state index contributed by atoms with van der Waals surface area (Å²) < 4.78 is 0. The zero-order valence-corrected chi connectivity index (χ0v) is 13.7. The van der Waals surface area contributed by atoms with E-state index in [0.29, 0.717) is 11.7 Å². The Labute approximate surface area is 142 Å². The third-order valence-corrected chi connectivity index (χ3v) is 5.92. The van der Waals surface area contributed by atoms with Crippen molar-refractivity contribution in [2.75, 3.05) is 0 Å². The number of benzene rings is 3. The molecule has 3 saturated carbocycles. The fraction of sp³-hybridized carbons (Fsp3) is 0.261. The van der Waals surface area contributed by atoms with Crippen molar-refractivity contribution in [1.29, 1.82) is 0 Å². The summed E-state index contributed by atoms with van der Waals surface area (Å²) in [6.07, 6.45) is 6.43. The van der Waals surface area contributed by atoms with E-state index in [1.807, 2.05) is 0 Å². The molecule has 0 spiro atoms. The van der Waals surface area contributed by atoms with E-state index >= 15 is 0 Å². The van der Waals surface area contributed by atoms with Crippen molar-refractivity contribution in [3.8, 4) is 0 Å². The number of rotatable bonds is 1. The van der Waals surface area contributed by atoms with Crippen molar-refractivity contribution in [2.24, 2.45) is 11.8 Å². The molecule has 2 bridgehead atoms. The molecule has 0 saturated heterocycles. The van der Waals surface area contributed by atoms with E-state index in [1.165, 1.54) is 39.1 Å². The van der Waals surface area contributed by atoms with Crippen molar-refractivity contribution >= 4 is 33.4 Å². The van der Waals surface area contributed by atoms with E-state index < -0.39 is 0 Å². The molecule has 3 aromatic rings. The molecule has 3 aliphatic carbocycles. The number of hydrogen-bond acceptors (Lipinski definition) is 1. The summed E-state index contributed by atoms with van der Waals surface area (Å²) in [4.78, 5) is 12.1. The highest BCUT2D eigenvalue weighted by molar-refractivity contribution is 6.07. The Balaban J connectivity index is 1.76. The average molecular weight is 312 g/mol. The van der Waals surface area contributed by atoms with E-state index in [0.717, 1.165) is 19.3 Å². The predicted molar refractivity (Wildman–Crippen MR) is 99.9 cm³/mol. The lowest BCUT2D eigenvalue weighted by Gasteiger charge is -2.37. The van der Waals surface area contributed by atoms with Crippen LogP contribution in [0, 0.1) is 11.8 Å². The van der Waals surface area contributed by atoms with Gasteiger partial charge in [0.2, 0.25) is 0 Å². The van der Waals surface area contributed by atoms with Crippen LogP contribution in [0.25, 0.3) is 27.6 Å². The first kappa shape index (κ1) is 14.0. The molecule has 1 heteroatoms. The van der Waals surface area contributed by atoms with Crippen LogP contribution >= 0.6 is 0 Å². The summed E-state index contributed by atoms with van der Waals surface area (Å²) in [6.45, 7) is 0. The first-order valence-electron chi connectivity index (χ1n) is 8.93. The molecule has 118 valence electrons. The van der Waals surface area contributed by atoms with Crippen LogP contribution in [0.15, 0.2) is 60.2 Å². The topological polar surface area (TPSA) is 17.1 Å². The van der Waals surface area contributed by atoms with Gasteiger partial charge >= 0.3 is 0 Å². The minimum Gasteiger partial charge on any atom is -0.299 e. The number of allylic oxidation sites excluding steroid dienone is 1. The van der Waals surface area contributed by atoms with Gasteiger partial charge < -0.3 is 0 Å². The molecular weight excluding hydrogens is 292 g/mol. The van der Waals surface area contributed by atoms with Gasteiger partial charge in [-0.05, 0) is 58.4 Å². The predicted octanol–water partition coefficient (Wildman–Crippen LogP) is 5.77. The minimum absolute atomic E-state index is 0.280. The monoisotopic (exact) mass is 312 g/mol. The Morgan fingerprint density at radius 3 is 2.00 bits per heavy atom. The molecule has 3 aliphatic rings. The molecule has 3 aromatic carbocycles. The molecular formula is C23H20O. The highest BCUT2D eigenvalue weighted by Crippen LogP contribution is 2.44. The Morgan fingerprint density at radius 2 is 1.42 bits per heavy atom. The summed E-state index contributed by atoms with van der Waals surface area (Å²) in [5.41, 5.74) is 2.83. The normalized spacial score (nSPS) is 25.0. The Bertz CT molecular complexity index is 941. The molecule has 24 heavy (non-hydrogen) atoms. The summed E-state index contributed by atoms with van der Waals surface area (Å²) in [6, 6.07) is 19.6. The number of ketones is 1. The van der Waals surface area contributed by atoms with Crippen LogP contribution in [0.3, 0.4) is 0 Å². The van der Waals surface area contributed by atoms with Gasteiger partial charge in [0.1, 0.15) is 5.78 Å². The number of hydrogen-bond donors (Lipinski definition) is 0. The van der Waals surface area contributed by atoms with Gasteiger partial charge in [-0.2, -0.15) is 0 Å². The van der Waals surface area contributed by atoms with Gasteiger partial charge in [0.25, 0.3) is 0 Å². The van der Waals surface area contributed by atoms with Gasteiger partial charge in [-0.25, -0.2) is 0 Å². The molecule has 0 N–H and O–H groups in total. The second kappa shape index (κ2) is 5.31. The van der Waals surface area contributed by atoms with Crippen molar-refractivity contribution in [1.82, 2.24) is 0 Å². The van der Waals surface area contributed by atoms with Crippen LogP contribution in [0.2, 0.25) is 0 Å². The van der Waals surface area contributed by atoms with Crippen LogP contribution in [0.5, 0.6) is 0 Å². The molecule has 2 unspecified atom stereocenters. The van der Waals surface area contributed by atoms with Crippen LogP contribution in [0.4, 0.5) is 0 Å². The standard InChI is InChI=1S/C23H20O/c24-23-14-15-9-10-18(23)12-19(15)13-22-20-7-3-1-5-16(20)11-17-6-2-4-8-21(17)22/h1-8,11,13,15,18H,9-10,12,14H2/b19-13+. The lowest BCUT2D eigenvalue weighted by Crippen LogP contribution is -2.32. The summed E-state index contributed by atoms with van der Waals surface area (Å²) in [5.74, 6) is 1.24. The van der Waals surface area contributed by atoms with Crippen LogP contribution in [0.1, 0.15) is 31.2 Å². The van der Waals surface area contributed by atoms with E-state index in [-0.39, 0.29) is 5.92 Å². The van der Waals surface area contributed by atoms with Gasteiger partial charge in [-0.3, -0.25) is 4.79 Å². The number of carbonyl (C=O) groups is 1. The Hall–Kier alpha value is -2.41. The van der Waals surface area contributed by atoms with Gasteiger partial charge in [0.05, 0.1) is 0 Å². The molecule has 0 amide bonds. The van der Waals surface area contributed by atoms with E-state index in [9.17, 15) is 4.79 Å². The summed E-state index contributed by atoms with van der Waals surface area (Å²) >= 11 is 0. The van der Waals surface area contributed by atoms with Gasteiger partial charge in [0, 0.05) is 12.3 Å². The molecule has 2 atom stereocenters. The largest absolute Gasteiger partial charge is 0.299 e. The zero-order chi connectivity index (χ0) is 16.1. The molecule has 0 radical (unpaired) electrons. The zero-order valence-electron chi connectivity index (χ0n) is 13.7. The minimum atomic E-state index is 0.280. The molecule has 0 aromatic heterocycles. The third kappa shape index (κ3) is 2.11. The highest BCUT2D eigenvalue weighted by Gasteiger charge is 2.37. The van der Waals surface area contributed by atoms with Crippen molar-refractivity contribution < 1.29 is 4.79 Å². The van der Waals surface area contributed by atoms with Crippen molar-refractivity contribution in [2.45, 2.75) is 25.7 Å². The maximum Gasteiger partial charge on any atom is 0.136 e. The lowest BCUT2D eigenvalue weighted by atomic mass is 9.67. The molecule has 1 nitrogen and oxygen atoms in total. The molecule has 0 heterocycles. The highest BCUT2D eigenvalue weighted by atomic mass is 16.1. The summed E-state index contributed by atoms with van der Waals surface area (Å²) in [7, 11) is 0. The van der Waals surface area contributed by atoms with Gasteiger partial charge in [-0.15, -0.1) is 0 Å². The van der Waals surface area contributed by atoms with Crippen molar-refractivity contribution in [3.05, 3.63) is 65.7 Å². The molecule has 6 rings (SSSR count). The second-order valence-electron chi connectivity index (χ2n) is 7.30. The van der Waals surface area contributed by atoms with Crippen LogP contribution in [-0.2, 0) is 4.79 Å². The third-order valence-electron chi connectivity index (χ3n) is 5.92. The van der Waals surface area contributed by atoms with Crippen LogP contribution in [-0.4, -0.2) is 5.78 Å². The first-order valence-corrected chi connectivity index (χ1v) is 8.93. The number of carbonyl (C=O) groups excluding carboxylic acids is 1. The maximum absolute atomic E-state index is 12.1. The number of fused-ring (bicyclic) bond motifs is 5. The van der Waals surface area contributed by atoms with E-state index in [4.69, 9.17) is 0 Å². The lowest BCUT2D eigenvalue weighted by molar-refractivity contribution is -0.127. The van der Waals surface area contributed by atoms with Gasteiger partial charge in [0.15, 0.2) is 0 Å². The fourth-order valence-corrected chi connectivity index (χ4v) is 4.63. The second-order valence-corrected chi connectivity index (χ2v) is 7.30. The van der Waals surface area contributed by atoms with Gasteiger partial charge in [-0.1, -0.05) is 60.2 Å². The maximum atomic E-state index is 12.1. The van der Waals surface area contributed by atoms with E-state index in [2.05, 4.69) is 60.7 Å². The smallest absolute Gasteiger partial charge is 0.136 e. The molecule has 3 fully saturated rings. The molecule has 0 aliphatic heterocycles. The fourth-order valence-electron chi connectivity index (χ4n) is 4.63.